The van der Waals surface area contributed by atoms with Gasteiger partial charge in [0.1, 0.15) is 0 Å². The number of fused-ring (bicyclic) bond motifs is 1. The third-order valence-corrected chi connectivity index (χ3v) is 6.84. The van der Waals surface area contributed by atoms with Crippen LogP contribution in [0.4, 0.5) is 13.2 Å². The second-order valence-corrected chi connectivity index (χ2v) is 8.24. The second kappa shape index (κ2) is 5.98. The van der Waals surface area contributed by atoms with Gasteiger partial charge in [-0.1, -0.05) is 12.1 Å². The zero-order chi connectivity index (χ0) is 17.6. The average Bonchev–Trinajstić information content (AvgIpc) is 2.95. The van der Waals surface area contributed by atoms with Gasteiger partial charge in [0.2, 0.25) is 10.0 Å². The van der Waals surface area contributed by atoms with Gasteiger partial charge in [0, 0.05) is 31.0 Å². The summed E-state index contributed by atoms with van der Waals surface area (Å²) in [5.41, 5.74) is -1.81. The molecule has 5 nitrogen and oxygen atoms in total. The molecular weight excluding hydrogens is 347 g/mol. The van der Waals surface area contributed by atoms with E-state index in [4.69, 9.17) is 4.74 Å². The molecule has 2 heterocycles. The molecule has 1 N–H and O–H groups in total. The Kier molecular flexibility index (Phi) is 4.40. The lowest BCUT2D eigenvalue weighted by atomic mass is 9.75. The van der Waals surface area contributed by atoms with Gasteiger partial charge in [-0.15, -0.1) is 0 Å². The molecule has 1 aromatic carbocycles. The number of hydrogen-bond acceptors (Lipinski definition) is 4. The fourth-order valence-electron chi connectivity index (χ4n) is 3.50. The molecular formula is C15H18F3NO4S. The topological polar surface area (TPSA) is 66.8 Å². The van der Waals surface area contributed by atoms with Crippen molar-refractivity contribution >= 4 is 10.0 Å². The number of rotatable bonds is 3. The van der Waals surface area contributed by atoms with Gasteiger partial charge >= 0.3 is 6.18 Å². The lowest BCUT2D eigenvalue weighted by Gasteiger charge is -2.36. The summed E-state index contributed by atoms with van der Waals surface area (Å²) >= 11 is 0. The van der Waals surface area contributed by atoms with Crippen molar-refractivity contribution in [2.75, 3.05) is 32.9 Å². The highest BCUT2D eigenvalue weighted by Crippen LogP contribution is 2.44. The predicted molar refractivity (Wildman–Crippen MR) is 78.6 cm³/mol. The normalized spacial score (nSPS) is 28.8. The number of aliphatic hydroxyl groups excluding tert-OH is 1. The zero-order valence-electron chi connectivity index (χ0n) is 12.8. The number of sulfonamides is 1. The first-order valence-corrected chi connectivity index (χ1v) is 9.00. The lowest BCUT2D eigenvalue weighted by molar-refractivity contribution is -0.139. The van der Waals surface area contributed by atoms with Crippen LogP contribution < -0.4 is 0 Å². The molecule has 0 aromatic heterocycles. The molecule has 2 fully saturated rings. The Labute approximate surface area is 138 Å². The van der Waals surface area contributed by atoms with E-state index in [1.54, 1.807) is 0 Å². The van der Waals surface area contributed by atoms with E-state index in [1.165, 1.54) is 6.07 Å². The van der Waals surface area contributed by atoms with Crippen LogP contribution >= 0.6 is 0 Å². The Morgan fingerprint density at radius 2 is 2.04 bits per heavy atom. The molecule has 0 radical (unpaired) electrons. The maximum atomic E-state index is 13.2. The number of ether oxygens (including phenoxy) is 1. The van der Waals surface area contributed by atoms with Gasteiger partial charge in [-0.05, 0) is 18.6 Å². The number of benzene rings is 1. The number of hydrogen-bond donors (Lipinski definition) is 1. The molecule has 0 saturated carbocycles. The maximum absolute atomic E-state index is 13.2. The molecule has 0 amide bonds. The summed E-state index contributed by atoms with van der Waals surface area (Å²) in [5.74, 6) is -0.218. The van der Waals surface area contributed by atoms with Crippen LogP contribution in [0.5, 0.6) is 0 Å². The molecule has 134 valence electrons. The third-order valence-electron chi connectivity index (χ3n) is 4.97. The van der Waals surface area contributed by atoms with Gasteiger partial charge in [-0.3, -0.25) is 0 Å². The first kappa shape index (κ1) is 17.7. The van der Waals surface area contributed by atoms with Crippen LogP contribution in [0.15, 0.2) is 29.2 Å². The molecule has 0 bridgehead atoms. The lowest BCUT2D eigenvalue weighted by Crippen LogP contribution is -2.41. The average molecular weight is 365 g/mol. The van der Waals surface area contributed by atoms with E-state index in [-0.39, 0.29) is 25.6 Å². The Balaban J connectivity index is 1.99. The highest BCUT2D eigenvalue weighted by Gasteiger charge is 2.52. The molecule has 1 aromatic rings. The summed E-state index contributed by atoms with van der Waals surface area (Å²) in [6.45, 7) is 0.548. The SMILES string of the molecule is O=S(=O)(c1ccccc1C(F)(F)F)N1C[C@@H]2COCC[C@]2(CO)C1. The highest BCUT2D eigenvalue weighted by molar-refractivity contribution is 7.89. The summed E-state index contributed by atoms with van der Waals surface area (Å²) in [4.78, 5) is -0.745. The number of halogens is 3. The van der Waals surface area contributed by atoms with Crippen molar-refractivity contribution < 1.29 is 31.4 Å². The van der Waals surface area contributed by atoms with Crippen molar-refractivity contribution in [1.29, 1.82) is 0 Å². The van der Waals surface area contributed by atoms with Crippen molar-refractivity contribution in [1.82, 2.24) is 4.31 Å². The van der Waals surface area contributed by atoms with E-state index in [1.807, 2.05) is 0 Å². The molecule has 0 aliphatic carbocycles. The van der Waals surface area contributed by atoms with Gasteiger partial charge in [0.15, 0.2) is 0 Å². The second-order valence-electron chi connectivity index (χ2n) is 6.33. The van der Waals surface area contributed by atoms with Crippen molar-refractivity contribution in [3.8, 4) is 0 Å². The van der Waals surface area contributed by atoms with Crippen molar-refractivity contribution in [2.45, 2.75) is 17.5 Å². The van der Waals surface area contributed by atoms with Crippen molar-refractivity contribution in [2.24, 2.45) is 11.3 Å². The van der Waals surface area contributed by atoms with Crippen LogP contribution in [0, 0.1) is 11.3 Å². The summed E-state index contributed by atoms with van der Waals surface area (Å²) in [7, 11) is -4.31. The Morgan fingerprint density at radius 1 is 1.33 bits per heavy atom. The molecule has 9 heteroatoms. The Hall–Kier alpha value is -1.16. The smallest absolute Gasteiger partial charge is 0.396 e. The number of aliphatic hydroxyl groups is 1. The minimum atomic E-state index is -4.76. The van der Waals surface area contributed by atoms with Crippen LogP contribution in [0.2, 0.25) is 0 Å². The summed E-state index contributed by atoms with van der Waals surface area (Å²) in [5, 5.41) is 9.73. The van der Waals surface area contributed by atoms with E-state index >= 15 is 0 Å². The van der Waals surface area contributed by atoms with Crippen molar-refractivity contribution in [3.05, 3.63) is 29.8 Å². The number of alkyl halides is 3. The molecule has 24 heavy (non-hydrogen) atoms. The summed E-state index contributed by atoms with van der Waals surface area (Å²) < 4.78 is 71.5. The molecule has 0 spiro atoms. The molecule has 2 saturated heterocycles. The maximum Gasteiger partial charge on any atom is 0.417 e. The number of nitrogens with zero attached hydrogens (tertiary/aromatic N) is 1. The predicted octanol–water partition coefficient (Wildman–Crippen LogP) is 1.72. The van der Waals surface area contributed by atoms with Gasteiger partial charge < -0.3 is 9.84 Å². The van der Waals surface area contributed by atoms with E-state index in [0.29, 0.717) is 19.6 Å². The monoisotopic (exact) mass is 365 g/mol. The quantitative estimate of drug-likeness (QED) is 0.886. The minimum absolute atomic E-state index is 0.00600. The standard InChI is InChI=1S/C15H18F3NO4S/c16-15(17,18)12-3-1-2-4-13(12)24(21,22)19-7-11-8-23-6-5-14(11,9-19)10-20/h1-4,11,20H,5-10H2/t11-,14-/m1/s1. The first-order valence-electron chi connectivity index (χ1n) is 7.56. The van der Waals surface area contributed by atoms with Crippen molar-refractivity contribution in [3.63, 3.8) is 0 Å². The third kappa shape index (κ3) is 2.83. The molecule has 2 aliphatic heterocycles. The minimum Gasteiger partial charge on any atom is -0.396 e. The zero-order valence-corrected chi connectivity index (χ0v) is 13.6. The van der Waals surface area contributed by atoms with Gasteiger partial charge in [0.05, 0.1) is 23.7 Å². The Morgan fingerprint density at radius 3 is 2.67 bits per heavy atom. The largest absolute Gasteiger partial charge is 0.417 e. The van der Waals surface area contributed by atoms with Gasteiger partial charge in [0.25, 0.3) is 0 Å². The van der Waals surface area contributed by atoms with Crippen LogP contribution in [0.25, 0.3) is 0 Å². The van der Waals surface area contributed by atoms with Crippen LogP contribution in [-0.4, -0.2) is 50.7 Å². The van der Waals surface area contributed by atoms with Gasteiger partial charge in [-0.2, -0.15) is 17.5 Å². The van der Waals surface area contributed by atoms with E-state index < -0.39 is 32.1 Å². The molecule has 2 aliphatic rings. The van der Waals surface area contributed by atoms with E-state index in [2.05, 4.69) is 0 Å². The molecule has 2 atom stereocenters. The highest BCUT2D eigenvalue weighted by atomic mass is 32.2. The molecule has 3 rings (SSSR count). The summed E-state index contributed by atoms with van der Waals surface area (Å²) in [6, 6.07) is 4.17. The first-order chi connectivity index (χ1) is 11.2. The molecule has 0 unspecified atom stereocenters. The van der Waals surface area contributed by atoms with Crippen LogP contribution in [-0.2, 0) is 20.9 Å². The van der Waals surface area contributed by atoms with E-state index in [0.717, 1.165) is 22.5 Å². The van der Waals surface area contributed by atoms with Crippen LogP contribution in [0.1, 0.15) is 12.0 Å². The summed E-state index contributed by atoms with van der Waals surface area (Å²) in [6.07, 6.45) is -4.27. The fraction of sp³-hybridized carbons (Fsp3) is 0.600. The Bertz CT molecular complexity index is 722. The van der Waals surface area contributed by atoms with Gasteiger partial charge in [-0.25, -0.2) is 8.42 Å². The fourth-order valence-corrected chi connectivity index (χ4v) is 5.30. The van der Waals surface area contributed by atoms with Crippen LogP contribution in [0.3, 0.4) is 0 Å². The van der Waals surface area contributed by atoms with E-state index in [9.17, 15) is 26.7 Å².